The fraction of sp³-hybridized carbons (Fsp3) is 0.235. The number of benzene rings is 1. The first kappa shape index (κ1) is 14.1. The Morgan fingerprint density at radius 2 is 2.04 bits per heavy atom. The van der Waals surface area contributed by atoms with Gasteiger partial charge >= 0.3 is 0 Å². The number of thiophene rings is 1. The minimum Gasteiger partial charge on any atom is -0.309 e. The minimum atomic E-state index is 0.279. The number of hydrogen-bond acceptors (Lipinski definition) is 6. The number of nitrogens with one attached hydrogen (secondary N) is 1. The Balaban J connectivity index is 1.87. The lowest BCUT2D eigenvalue weighted by molar-refractivity contribution is 0.784. The molecular weight excluding hydrogens is 306 g/mol. The molecule has 0 fully saturated rings. The fourth-order valence-corrected chi connectivity index (χ4v) is 3.82. The monoisotopic (exact) mass is 323 g/mol. The summed E-state index contributed by atoms with van der Waals surface area (Å²) in [7, 11) is 0. The molecule has 5 nitrogen and oxygen atoms in total. The van der Waals surface area contributed by atoms with Crippen molar-refractivity contribution in [2.75, 3.05) is 10.3 Å². The van der Waals surface area contributed by atoms with Crippen LogP contribution in [0.2, 0.25) is 0 Å². The molecule has 0 aliphatic carbocycles. The van der Waals surface area contributed by atoms with Crippen LogP contribution in [0, 0.1) is 0 Å². The lowest BCUT2D eigenvalue weighted by Crippen LogP contribution is -2.39. The van der Waals surface area contributed by atoms with Crippen molar-refractivity contribution in [2.24, 2.45) is 5.10 Å². The summed E-state index contributed by atoms with van der Waals surface area (Å²) in [6.45, 7) is 6.25. The Labute approximate surface area is 138 Å². The van der Waals surface area contributed by atoms with E-state index in [1.165, 1.54) is 10.1 Å². The molecule has 0 spiro atoms. The van der Waals surface area contributed by atoms with Crippen LogP contribution in [0.15, 0.2) is 40.9 Å². The number of rotatable bonds is 2. The van der Waals surface area contributed by atoms with E-state index < -0.39 is 0 Å². The molecule has 0 saturated heterocycles. The van der Waals surface area contributed by atoms with E-state index >= 15 is 0 Å². The second-order valence-corrected chi connectivity index (χ2v) is 6.72. The quantitative estimate of drug-likeness (QED) is 0.762. The second-order valence-electron chi connectivity index (χ2n) is 5.81. The molecule has 3 aromatic rings. The smallest absolute Gasteiger partial charge is 0.163 e. The van der Waals surface area contributed by atoms with Gasteiger partial charge in [-0.05, 0) is 26.8 Å². The van der Waals surface area contributed by atoms with Crippen molar-refractivity contribution in [3.8, 4) is 11.4 Å². The Hall–Kier alpha value is -2.47. The van der Waals surface area contributed by atoms with E-state index in [0.717, 1.165) is 28.7 Å². The van der Waals surface area contributed by atoms with Crippen LogP contribution in [-0.2, 0) is 0 Å². The van der Waals surface area contributed by atoms with Gasteiger partial charge in [0, 0.05) is 27.1 Å². The van der Waals surface area contributed by atoms with Crippen molar-refractivity contribution >= 4 is 38.8 Å². The first-order valence-electron chi connectivity index (χ1n) is 7.58. The number of nitrogens with zero attached hydrogens (tertiary/aromatic N) is 4. The average molecular weight is 323 g/mol. The summed E-state index contributed by atoms with van der Waals surface area (Å²) in [5, 5.41) is 7.66. The lowest BCUT2D eigenvalue weighted by atomic mass is 10.1. The van der Waals surface area contributed by atoms with E-state index in [-0.39, 0.29) is 6.04 Å². The summed E-state index contributed by atoms with van der Waals surface area (Å²) in [6, 6.07) is 8.63. The zero-order valence-electron chi connectivity index (χ0n) is 13.2. The Morgan fingerprint density at radius 1 is 1.22 bits per heavy atom. The Bertz CT molecular complexity index is 912. The molecule has 0 bridgehead atoms. The number of anilines is 2. The van der Waals surface area contributed by atoms with Gasteiger partial charge in [0.25, 0.3) is 0 Å². The molecule has 2 aromatic heterocycles. The summed E-state index contributed by atoms with van der Waals surface area (Å²) < 4.78 is 1.25. The van der Waals surface area contributed by atoms with Crippen molar-refractivity contribution in [1.29, 1.82) is 0 Å². The van der Waals surface area contributed by atoms with Crippen molar-refractivity contribution < 1.29 is 0 Å². The summed E-state index contributed by atoms with van der Waals surface area (Å²) in [4.78, 5) is 11.5. The summed E-state index contributed by atoms with van der Waals surface area (Å²) in [5.74, 6) is 2.54. The van der Waals surface area contributed by atoms with Crippen LogP contribution in [0.3, 0.4) is 0 Å². The molecule has 0 saturated carbocycles. The maximum absolute atomic E-state index is 4.84. The second kappa shape index (κ2) is 5.31. The first-order valence-corrected chi connectivity index (χ1v) is 8.46. The van der Waals surface area contributed by atoms with E-state index in [2.05, 4.69) is 63.9 Å². The van der Waals surface area contributed by atoms with E-state index in [0.29, 0.717) is 0 Å². The third kappa shape index (κ3) is 2.26. The van der Waals surface area contributed by atoms with Gasteiger partial charge in [-0.25, -0.2) is 9.97 Å². The SMILES string of the molecule is CC1=NNc2cnc(-c3csc4ccccc34)nc2N1C(C)C. The average Bonchev–Trinajstić information content (AvgIpc) is 2.97. The normalized spacial score (nSPS) is 13.9. The molecule has 6 heteroatoms. The minimum absolute atomic E-state index is 0.279. The van der Waals surface area contributed by atoms with Crippen LogP contribution in [0.5, 0.6) is 0 Å². The summed E-state index contributed by atoms with van der Waals surface area (Å²) in [6.07, 6.45) is 1.81. The van der Waals surface area contributed by atoms with Crippen LogP contribution >= 0.6 is 11.3 Å². The van der Waals surface area contributed by atoms with Crippen LogP contribution < -0.4 is 10.3 Å². The highest BCUT2D eigenvalue weighted by Gasteiger charge is 2.24. The van der Waals surface area contributed by atoms with E-state index in [9.17, 15) is 0 Å². The van der Waals surface area contributed by atoms with E-state index in [1.54, 1.807) is 11.3 Å². The van der Waals surface area contributed by atoms with Gasteiger partial charge in [-0.15, -0.1) is 11.3 Å². The third-order valence-electron chi connectivity index (χ3n) is 3.92. The van der Waals surface area contributed by atoms with Gasteiger partial charge in [0.2, 0.25) is 0 Å². The summed E-state index contributed by atoms with van der Waals surface area (Å²) in [5.41, 5.74) is 4.95. The number of aromatic nitrogens is 2. The molecule has 116 valence electrons. The molecule has 0 unspecified atom stereocenters. The highest BCUT2D eigenvalue weighted by atomic mass is 32.1. The third-order valence-corrected chi connectivity index (χ3v) is 4.89. The van der Waals surface area contributed by atoms with Crippen molar-refractivity contribution in [3.63, 3.8) is 0 Å². The van der Waals surface area contributed by atoms with E-state index in [1.807, 2.05) is 13.1 Å². The van der Waals surface area contributed by atoms with Gasteiger partial charge in [-0.2, -0.15) is 5.10 Å². The molecule has 0 radical (unpaired) electrons. The maximum Gasteiger partial charge on any atom is 0.163 e. The molecule has 1 aromatic carbocycles. The molecule has 4 rings (SSSR count). The molecule has 23 heavy (non-hydrogen) atoms. The van der Waals surface area contributed by atoms with Crippen molar-refractivity contribution in [3.05, 3.63) is 35.8 Å². The van der Waals surface area contributed by atoms with Gasteiger partial charge in [0.1, 0.15) is 11.5 Å². The largest absolute Gasteiger partial charge is 0.309 e. The topological polar surface area (TPSA) is 53.4 Å². The van der Waals surface area contributed by atoms with E-state index in [4.69, 9.17) is 4.98 Å². The lowest BCUT2D eigenvalue weighted by Gasteiger charge is -2.31. The van der Waals surface area contributed by atoms with Gasteiger partial charge in [0.15, 0.2) is 11.6 Å². The van der Waals surface area contributed by atoms with Gasteiger partial charge in [0.05, 0.1) is 6.20 Å². The molecular formula is C17H17N5S. The molecule has 1 aliphatic rings. The predicted molar refractivity (Wildman–Crippen MR) is 97.2 cm³/mol. The first-order chi connectivity index (χ1) is 11.1. The highest BCUT2D eigenvalue weighted by Crippen LogP contribution is 2.35. The highest BCUT2D eigenvalue weighted by molar-refractivity contribution is 7.17. The molecule has 0 atom stereocenters. The van der Waals surface area contributed by atoms with Crippen LogP contribution in [0.1, 0.15) is 20.8 Å². The Morgan fingerprint density at radius 3 is 2.87 bits per heavy atom. The van der Waals surface area contributed by atoms with Crippen molar-refractivity contribution in [2.45, 2.75) is 26.8 Å². The molecule has 1 aliphatic heterocycles. The molecule has 3 heterocycles. The standard InChI is InChI=1S/C17H17N5S/c1-10(2)22-11(3)20-21-14-8-18-16(19-17(14)22)13-9-23-15-7-5-4-6-12(13)15/h4-10,21H,1-3H3. The fourth-order valence-electron chi connectivity index (χ4n) is 2.88. The van der Waals surface area contributed by atoms with Crippen molar-refractivity contribution in [1.82, 2.24) is 9.97 Å². The molecule has 1 N–H and O–H groups in total. The molecule has 0 amide bonds. The predicted octanol–water partition coefficient (Wildman–Crippen LogP) is 4.33. The number of hydrazone groups is 1. The van der Waals surface area contributed by atoms with Gasteiger partial charge in [-0.3, -0.25) is 5.43 Å². The Kier molecular flexibility index (Phi) is 3.27. The zero-order valence-corrected chi connectivity index (χ0v) is 14.1. The van der Waals surface area contributed by atoms with Crippen LogP contribution in [0.25, 0.3) is 21.5 Å². The van der Waals surface area contributed by atoms with Gasteiger partial charge in [-0.1, -0.05) is 18.2 Å². The number of fused-ring (bicyclic) bond motifs is 2. The van der Waals surface area contributed by atoms with Crippen LogP contribution in [0.4, 0.5) is 11.5 Å². The van der Waals surface area contributed by atoms with Crippen LogP contribution in [-0.4, -0.2) is 21.8 Å². The maximum atomic E-state index is 4.84. The zero-order chi connectivity index (χ0) is 16.0. The number of amidine groups is 1. The summed E-state index contributed by atoms with van der Waals surface area (Å²) >= 11 is 1.72. The van der Waals surface area contributed by atoms with Gasteiger partial charge < -0.3 is 4.90 Å². The number of hydrogen-bond donors (Lipinski definition) is 1.